The SMILES string of the molecule is CCOC1CCCN(Cc2nc3ccc(N)cc3[nH]2)C1. The molecular weight excluding hydrogens is 252 g/mol. The summed E-state index contributed by atoms with van der Waals surface area (Å²) in [5.74, 6) is 1.00. The standard InChI is InChI=1S/C15H22N4O/c1-2-20-12-4-3-7-19(9-12)10-15-17-13-6-5-11(16)8-14(13)18-15/h5-6,8,12H,2-4,7,9-10,16H2,1H3,(H,17,18). The van der Waals surface area contributed by atoms with E-state index in [9.17, 15) is 0 Å². The van der Waals surface area contributed by atoms with Crippen LogP contribution in [0.5, 0.6) is 0 Å². The Hall–Kier alpha value is -1.59. The third kappa shape index (κ3) is 2.94. The van der Waals surface area contributed by atoms with E-state index < -0.39 is 0 Å². The third-order valence-corrected chi connectivity index (χ3v) is 3.79. The molecule has 0 spiro atoms. The molecule has 108 valence electrons. The zero-order valence-electron chi connectivity index (χ0n) is 11.9. The predicted molar refractivity (Wildman–Crippen MR) is 80.4 cm³/mol. The molecule has 2 heterocycles. The van der Waals surface area contributed by atoms with Gasteiger partial charge in [-0.05, 0) is 44.5 Å². The number of anilines is 1. The van der Waals surface area contributed by atoms with Gasteiger partial charge in [-0.25, -0.2) is 4.98 Å². The van der Waals surface area contributed by atoms with E-state index in [1.165, 1.54) is 12.8 Å². The van der Waals surface area contributed by atoms with Crippen molar-refractivity contribution >= 4 is 16.7 Å². The smallest absolute Gasteiger partial charge is 0.121 e. The number of nitrogens with zero attached hydrogens (tertiary/aromatic N) is 2. The molecular formula is C15H22N4O. The normalized spacial score (nSPS) is 20.6. The summed E-state index contributed by atoms with van der Waals surface area (Å²) in [6, 6.07) is 5.79. The van der Waals surface area contributed by atoms with Crippen LogP contribution < -0.4 is 5.73 Å². The highest BCUT2D eigenvalue weighted by atomic mass is 16.5. The van der Waals surface area contributed by atoms with Gasteiger partial charge in [0.1, 0.15) is 5.82 Å². The number of aromatic amines is 1. The number of nitrogen functional groups attached to an aromatic ring is 1. The lowest BCUT2D eigenvalue weighted by Crippen LogP contribution is -2.39. The largest absolute Gasteiger partial charge is 0.399 e. The summed E-state index contributed by atoms with van der Waals surface area (Å²) in [7, 11) is 0. The molecule has 2 aromatic rings. The molecule has 1 unspecified atom stereocenters. The van der Waals surface area contributed by atoms with Gasteiger partial charge in [0.2, 0.25) is 0 Å². The second-order valence-corrected chi connectivity index (χ2v) is 5.41. The van der Waals surface area contributed by atoms with Crippen LogP contribution in [0.2, 0.25) is 0 Å². The lowest BCUT2D eigenvalue weighted by atomic mass is 10.1. The second-order valence-electron chi connectivity index (χ2n) is 5.41. The Balaban J connectivity index is 1.69. The summed E-state index contributed by atoms with van der Waals surface area (Å²) in [6.45, 7) is 5.80. The van der Waals surface area contributed by atoms with Gasteiger partial charge in [0.05, 0.1) is 23.7 Å². The number of likely N-dealkylation sites (tertiary alicyclic amines) is 1. The number of nitrogens with two attached hydrogens (primary N) is 1. The predicted octanol–water partition coefficient (Wildman–Crippen LogP) is 2.15. The molecule has 5 heteroatoms. The van der Waals surface area contributed by atoms with Crippen LogP contribution >= 0.6 is 0 Å². The summed E-state index contributed by atoms with van der Waals surface area (Å²) < 4.78 is 5.74. The highest BCUT2D eigenvalue weighted by Gasteiger charge is 2.20. The van der Waals surface area contributed by atoms with Crippen LogP contribution in [0.15, 0.2) is 18.2 Å². The Kier molecular flexibility index (Phi) is 3.89. The number of hydrogen-bond donors (Lipinski definition) is 2. The Morgan fingerprint density at radius 1 is 1.50 bits per heavy atom. The molecule has 1 aliphatic heterocycles. The molecule has 1 saturated heterocycles. The van der Waals surface area contributed by atoms with Gasteiger partial charge in [-0.15, -0.1) is 0 Å². The van der Waals surface area contributed by atoms with Gasteiger partial charge in [0.25, 0.3) is 0 Å². The zero-order chi connectivity index (χ0) is 13.9. The van der Waals surface area contributed by atoms with E-state index in [4.69, 9.17) is 10.5 Å². The van der Waals surface area contributed by atoms with Gasteiger partial charge in [-0.3, -0.25) is 4.90 Å². The van der Waals surface area contributed by atoms with E-state index in [1.54, 1.807) is 0 Å². The van der Waals surface area contributed by atoms with E-state index in [2.05, 4.69) is 21.8 Å². The minimum absolute atomic E-state index is 0.369. The maximum atomic E-state index is 5.79. The fourth-order valence-corrected chi connectivity index (χ4v) is 2.90. The van der Waals surface area contributed by atoms with Gasteiger partial charge < -0.3 is 15.5 Å². The van der Waals surface area contributed by atoms with Gasteiger partial charge in [-0.1, -0.05) is 0 Å². The first-order valence-electron chi connectivity index (χ1n) is 7.32. The van der Waals surface area contributed by atoms with Crippen molar-refractivity contribution in [3.63, 3.8) is 0 Å². The maximum Gasteiger partial charge on any atom is 0.121 e. The van der Waals surface area contributed by atoms with Crippen molar-refractivity contribution in [2.45, 2.75) is 32.4 Å². The number of benzene rings is 1. The van der Waals surface area contributed by atoms with Crippen molar-refractivity contribution in [1.29, 1.82) is 0 Å². The molecule has 0 bridgehead atoms. The number of fused-ring (bicyclic) bond motifs is 1. The van der Waals surface area contributed by atoms with Crippen LogP contribution in [0.3, 0.4) is 0 Å². The number of ether oxygens (including phenoxy) is 1. The van der Waals surface area contributed by atoms with Crippen LogP contribution in [0, 0.1) is 0 Å². The summed E-state index contributed by atoms with van der Waals surface area (Å²) in [6.07, 6.45) is 2.73. The van der Waals surface area contributed by atoms with Crippen molar-refractivity contribution < 1.29 is 4.74 Å². The first-order valence-corrected chi connectivity index (χ1v) is 7.32. The summed E-state index contributed by atoms with van der Waals surface area (Å²) >= 11 is 0. The Bertz CT molecular complexity index is 578. The first-order chi connectivity index (χ1) is 9.74. The molecule has 5 nitrogen and oxygen atoms in total. The fourth-order valence-electron chi connectivity index (χ4n) is 2.90. The highest BCUT2D eigenvalue weighted by molar-refractivity contribution is 5.78. The number of H-pyrrole nitrogens is 1. The molecule has 1 fully saturated rings. The molecule has 1 aromatic carbocycles. The van der Waals surface area contributed by atoms with Gasteiger partial charge in [0, 0.05) is 18.8 Å². The minimum atomic E-state index is 0.369. The van der Waals surface area contributed by atoms with Crippen LogP contribution in [0.1, 0.15) is 25.6 Å². The molecule has 0 saturated carbocycles. The van der Waals surface area contributed by atoms with Crippen molar-refractivity contribution in [1.82, 2.24) is 14.9 Å². The topological polar surface area (TPSA) is 67.2 Å². The number of piperidine rings is 1. The van der Waals surface area contributed by atoms with E-state index in [-0.39, 0.29) is 0 Å². The van der Waals surface area contributed by atoms with Crippen molar-refractivity contribution in [3.8, 4) is 0 Å². The Morgan fingerprint density at radius 2 is 2.40 bits per heavy atom. The highest BCUT2D eigenvalue weighted by Crippen LogP contribution is 2.18. The van der Waals surface area contributed by atoms with Crippen molar-refractivity contribution in [2.75, 3.05) is 25.4 Å². The quantitative estimate of drug-likeness (QED) is 0.838. The molecule has 1 atom stereocenters. The Morgan fingerprint density at radius 3 is 3.25 bits per heavy atom. The summed E-state index contributed by atoms with van der Waals surface area (Å²) in [4.78, 5) is 10.4. The van der Waals surface area contributed by atoms with Crippen LogP contribution in [-0.2, 0) is 11.3 Å². The number of nitrogens with one attached hydrogen (secondary N) is 1. The third-order valence-electron chi connectivity index (χ3n) is 3.79. The number of imidazole rings is 1. The van der Waals surface area contributed by atoms with E-state index in [0.717, 1.165) is 48.8 Å². The van der Waals surface area contributed by atoms with Gasteiger partial charge >= 0.3 is 0 Å². The minimum Gasteiger partial charge on any atom is -0.399 e. The van der Waals surface area contributed by atoms with Crippen molar-refractivity contribution in [3.05, 3.63) is 24.0 Å². The van der Waals surface area contributed by atoms with Gasteiger partial charge in [0.15, 0.2) is 0 Å². The lowest BCUT2D eigenvalue weighted by Gasteiger charge is -2.31. The molecule has 0 amide bonds. The Labute approximate surface area is 119 Å². The average molecular weight is 274 g/mol. The van der Waals surface area contributed by atoms with E-state index in [1.807, 2.05) is 18.2 Å². The summed E-state index contributed by atoms with van der Waals surface area (Å²) in [5.41, 5.74) is 8.55. The number of hydrogen-bond acceptors (Lipinski definition) is 4. The number of aromatic nitrogens is 2. The molecule has 20 heavy (non-hydrogen) atoms. The van der Waals surface area contributed by atoms with E-state index in [0.29, 0.717) is 6.10 Å². The monoisotopic (exact) mass is 274 g/mol. The molecule has 0 aliphatic carbocycles. The van der Waals surface area contributed by atoms with Crippen LogP contribution in [0.25, 0.3) is 11.0 Å². The lowest BCUT2D eigenvalue weighted by molar-refractivity contribution is 0.00306. The maximum absolute atomic E-state index is 5.79. The molecule has 1 aromatic heterocycles. The first kappa shape index (κ1) is 13.4. The van der Waals surface area contributed by atoms with Crippen LogP contribution in [-0.4, -0.2) is 40.7 Å². The average Bonchev–Trinajstić information content (AvgIpc) is 2.81. The molecule has 1 aliphatic rings. The van der Waals surface area contributed by atoms with E-state index >= 15 is 0 Å². The zero-order valence-corrected chi connectivity index (χ0v) is 11.9. The number of rotatable bonds is 4. The van der Waals surface area contributed by atoms with Crippen molar-refractivity contribution in [2.24, 2.45) is 0 Å². The molecule has 3 N–H and O–H groups in total. The molecule has 0 radical (unpaired) electrons. The second kappa shape index (κ2) is 5.81. The summed E-state index contributed by atoms with van der Waals surface area (Å²) in [5, 5.41) is 0. The fraction of sp³-hybridized carbons (Fsp3) is 0.533. The van der Waals surface area contributed by atoms with Gasteiger partial charge in [-0.2, -0.15) is 0 Å². The van der Waals surface area contributed by atoms with Crippen LogP contribution in [0.4, 0.5) is 5.69 Å². The molecule has 3 rings (SSSR count).